The van der Waals surface area contributed by atoms with Crippen LogP contribution in [0.4, 0.5) is 11.6 Å². The van der Waals surface area contributed by atoms with E-state index in [9.17, 15) is 4.79 Å². The standard InChI is InChI=1S/C14H15ClN2O.C9H9N5/c1-2-4-12-16-11-6-3-5-10(15)13(11)14(18)17(12)9-7-8-9;10-8-7(9(11)14-5-13-8)6-3-1-2-4-12-6/h3,5-6,9H,2,4,7-8H2,1H3;1-5H,(H4,10,11,13,14). The Morgan fingerprint density at radius 1 is 1.06 bits per heavy atom. The fourth-order valence-corrected chi connectivity index (χ4v) is 3.79. The average Bonchev–Trinajstić information content (AvgIpc) is 3.60. The quantitative estimate of drug-likeness (QED) is 0.481. The van der Waals surface area contributed by atoms with Crippen molar-refractivity contribution in [2.45, 2.75) is 38.6 Å². The summed E-state index contributed by atoms with van der Waals surface area (Å²) in [6.45, 7) is 2.10. The SMILES string of the molecule is CCCc1nc2cccc(Cl)c2c(=O)n1C1CC1.Nc1ncnc(N)c1-c1ccccn1. The van der Waals surface area contributed by atoms with Gasteiger partial charge in [-0.15, -0.1) is 0 Å². The van der Waals surface area contributed by atoms with E-state index in [2.05, 4.69) is 26.9 Å². The zero-order chi connectivity index (χ0) is 22.7. The van der Waals surface area contributed by atoms with Gasteiger partial charge in [0.1, 0.15) is 23.8 Å². The van der Waals surface area contributed by atoms with E-state index in [0.29, 0.717) is 44.9 Å². The molecule has 8 nitrogen and oxygen atoms in total. The third kappa shape index (κ3) is 4.40. The van der Waals surface area contributed by atoms with Gasteiger partial charge in [0.15, 0.2) is 0 Å². The summed E-state index contributed by atoms with van der Waals surface area (Å²) in [6.07, 6.45) is 6.99. The van der Waals surface area contributed by atoms with E-state index in [4.69, 9.17) is 23.1 Å². The Labute approximate surface area is 190 Å². The van der Waals surface area contributed by atoms with Crippen LogP contribution in [0.15, 0.2) is 53.7 Å². The summed E-state index contributed by atoms with van der Waals surface area (Å²) in [5.74, 6) is 1.59. The molecule has 32 heavy (non-hydrogen) atoms. The number of halogens is 1. The first kappa shape index (κ1) is 21.7. The second-order valence-corrected chi connectivity index (χ2v) is 7.96. The van der Waals surface area contributed by atoms with Gasteiger partial charge in [-0.05, 0) is 43.5 Å². The van der Waals surface area contributed by atoms with Crippen LogP contribution in [-0.2, 0) is 6.42 Å². The first-order chi connectivity index (χ1) is 15.5. The number of nitrogens with zero attached hydrogens (tertiary/aromatic N) is 5. The number of aromatic nitrogens is 5. The maximum atomic E-state index is 12.6. The van der Waals surface area contributed by atoms with Gasteiger partial charge < -0.3 is 11.5 Å². The average molecular weight is 450 g/mol. The lowest BCUT2D eigenvalue weighted by molar-refractivity contribution is 0.631. The molecule has 0 aliphatic heterocycles. The lowest BCUT2D eigenvalue weighted by Gasteiger charge is -2.12. The molecule has 4 N–H and O–H groups in total. The van der Waals surface area contributed by atoms with Crippen LogP contribution in [0, 0.1) is 0 Å². The Morgan fingerprint density at radius 3 is 2.44 bits per heavy atom. The summed E-state index contributed by atoms with van der Waals surface area (Å²) in [6, 6.07) is 11.3. The molecule has 0 spiro atoms. The molecule has 0 unspecified atom stereocenters. The lowest BCUT2D eigenvalue weighted by Crippen LogP contribution is -2.24. The van der Waals surface area contributed by atoms with Crippen molar-refractivity contribution in [3.63, 3.8) is 0 Å². The molecule has 3 aromatic heterocycles. The maximum absolute atomic E-state index is 12.6. The smallest absolute Gasteiger partial charge is 0.263 e. The van der Waals surface area contributed by atoms with Crippen LogP contribution < -0.4 is 17.0 Å². The van der Waals surface area contributed by atoms with Crippen LogP contribution >= 0.6 is 11.6 Å². The number of fused-ring (bicyclic) bond motifs is 1. The molecule has 1 aliphatic carbocycles. The largest absolute Gasteiger partial charge is 0.383 e. The number of aryl methyl sites for hydroxylation is 1. The molecule has 0 saturated heterocycles. The van der Waals surface area contributed by atoms with E-state index in [-0.39, 0.29) is 5.56 Å². The maximum Gasteiger partial charge on any atom is 0.263 e. The zero-order valence-corrected chi connectivity index (χ0v) is 18.5. The Morgan fingerprint density at radius 2 is 1.81 bits per heavy atom. The van der Waals surface area contributed by atoms with E-state index in [1.807, 2.05) is 34.9 Å². The van der Waals surface area contributed by atoms with E-state index in [0.717, 1.165) is 31.5 Å². The summed E-state index contributed by atoms with van der Waals surface area (Å²) >= 11 is 6.14. The predicted molar refractivity (Wildman–Crippen MR) is 127 cm³/mol. The predicted octanol–water partition coefficient (Wildman–Crippen LogP) is 4.04. The van der Waals surface area contributed by atoms with Gasteiger partial charge in [0, 0.05) is 18.7 Å². The van der Waals surface area contributed by atoms with Crippen molar-refractivity contribution in [3.05, 3.63) is 70.1 Å². The molecule has 5 rings (SSSR count). The number of rotatable bonds is 4. The molecule has 0 radical (unpaired) electrons. The highest BCUT2D eigenvalue weighted by Gasteiger charge is 2.28. The van der Waals surface area contributed by atoms with E-state index in [1.165, 1.54) is 6.33 Å². The first-order valence-corrected chi connectivity index (χ1v) is 10.9. The zero-order valence-electron chi connectivity index (χ0n) is 17.7. The van der Waals surface area contributed by atoms with Gasteiger partial charge in [-0.1, -0.05) is 30.7 Å². The number of hydrogen-bond acceptors (Lipinski definition) is 7. The van der Waals surface area contributed by atoms with Crippen molar-refractivity contribution in [1.82, 2.24) is 24.5 Å². The van der Waals surface area contributed by atoms with Gasteiger partial charge in [-0.3, -0.25) is 14.3 Å². The minimum atomic E-state index is 0.0246. The van der Waals surface area contributed by atoms with E-state index >= 15 is 0 Å². The van der Waals surface area contributed by atoms with Crippen molar-refractivity contribution < 1.29 is 0 Å². The number of nitrogens with two attached hydrogens (primary N) is 2. The molecule has 1 fully saturated rings. The monoisotopic (exact) mass is 449 g/mol. The van der Waals surface area contributed by atoms with Gasteiger partial charge in [0.25, 0.3) is 5.56 Å². The van der Waals surface area contributed by atoms with Crippen LogP contribution in [0.3, 0.4) is 0 Å². The Kier molecular flexibility index (Phi) is 6.32. The molecule has 164 valence electrons. The van der Waals surface area contributed by atoms with Gasteiger partial charge in [0.2, 0.25) is 0 Å². The van der Waals surface area contributed by atoms with E-state index in [1.54, 1.807) is 12.3 Å². The van der Waals surface area contributed by atoms with Crippen molar-refractivity contribution in [2.24, 2.45) is 0 Å². The molecule has 1 aromatic carbocycles. The van der Waals surface area contributed by atoms with Crippen LogP contribution in [0.1, 0.15) is 38.1 Å². The first-order valence-electron chi connectivity index (χ1n) is 10.5. The lowest BCUT2D eigenvalue weighted by atomic mass is 10.2. The third-order valence-electron chi connectivity index (χ3n) is 5.16. The van der Waals surface area contributed by atoms with Crippen molar-refractivity contribution in [1.29, 1.82) is 0 Å². The van der Waals surface area contributed by atoms with Gasteiger partial charge in [-0.2, -0.15) is 0 Å². The Hall–Kier alpha value is -3.52. The fraction of sp³-hybridized carbons (Fsp3) is 0.261. The van der Waals surface area contributed by atoms with Gasteiger partial charge in [-0.25, -0.2) is 15.0 Å². The van der Waals surface area contributed by atoms with Crippen LogP contribution in [0.25, 0.3) is 22.2 Å². The third-order valence-corrected chi connectivity index (χ3v) is 5.48. The summed E-state index contributed by atoms with van der Waals surface area (Å²) < 4.78 is 1.86. The number of anilines is 2. The highest BCUT2D eigenvalue weighted by Crippen LogP contribution is 2.35. The highest BCUT2D eigenvalue weighted by atomic mass is 35.5. The number of benzene rings is 1. The molecule has 3 heterocycles. The molecule has 4 aromatic rings. The molecule has 0 atom stereocenters. The molecule has 1 aliphatic rings. The second kappa shape index (κ2) is 9.32. The fourth-order valence-electron chi connectivity index (χ4n) is 3.54. The Balaban J connectivity index is 0.000000158. The number of pyridine rings is 1. The number of nitrogen functional groups attached to an aromatic ring is 2. The molecule has 0 bridgehead atoms. The Bertz CT molecular complexity index is 1280. The summed E-state index contributed by atoms with van der Waals surface area (Å²) in [7, 11) is 0. The van der Waals surface area contributed by atoms with Crippen molar-refractivity contribution in [2.75, 3.05) is 11.5 Å². The minimum Gasteiger partial charge on any atom is -0.383 e. The minimum absolute atomic E-state index is 0.0246. The summed E-state index contributed by atoms with van der Waals surface area (Å²) in [4.78, 5) is 29.0. The molecular formula is C23H24ClN7O. The van der Waals surface area contributed by atoms with Crippen LogP contribution in [-0.4, -0.2) is 24.5 Å². The number of hydrogen-bond donors (Lipinski definition) is 2. The van der Waals surface area contributed by atoms with E-state index < -0.39 is 0 Å². The molecule has 0 amide bonds. The molecule has 1 saturated carbocycles. The van der Waals surface area contributed by atoms with Crippen LogP contribution in [0.5, 0.6) is 0 Å². The second-order valence-electron chi connectivity index (χ2n) is 7.55. The van der Waals surface area contributed by atoms with Crippen LogP contribution in [0.2, 0.25) is 5.02 Å². The molecule has 9 heteroatoms. The normalized spacial score (nSPS) is 12.9. The van der Waals surface area contributed by atoms with Crippen molar-refractivity contribution in [3.8, 4) is 11.3 Å². The van der Waals surface area contributed by atoms with Gasteiger partial charge in [0.05, 0.1) is 27.2 Å². The molecular weight excluding hydrogens is 426 g/mol. The summed E-state index contributed by atoms with van der Waals surface area (Å²) in [5, 5.41) is 1.06. The van der Waals surface area contributed by atoms with Crippen molar-refractivity contribution >= 4 is 34.1 Å². The topological polar surface area (TPSA) is 126 Å². The van der Waals surface area contributed by atoms with Gasteiger partial charge >= 0.3 is 0 Å². The summed E-state index contributed by atoms with van der Waals surface area (Å²) in [5.41, 5.74) is 13.4. The highest BCUT2D eigenvalue weighted by molar-refractivity contribution is 6.35.